The van der Waals surface area contributed by atoms with Crippen molar-refractivity contribution in [3.05, 3.63) is 23.1 Å². The lowest BCUT2D eigenvalue weighted by Gasteiger charge is -1.84. The molecule has 0 aliphatic rings. The molecule has 0 spiro atoms. The molecule has 0 radical (unpaired) electrons. The predicted molar refractivity (Wildman–Crippen MR) is 59.7 cm³/mol. The molecule has 0 aliphatic heterocycles. The van der Waals surface area contributed by atoms with Gasteiger partial charge in [0.2, 0.25) is 0 Å². The van der Waals surface area contributed by atoms with Crippen molar-refractivity contribution in [2.24, 2.45) is 4.99 Å². The molecule has 0 N–H and O–H groups in total. The van der Waals surface area contributed by atoms with Crippen molar-refractivity contribution in [2.45, 2.75) is 20.8 Å². The minimum absolute atomic E-state index is 0.965. The molecule has 1 nitrogen and oxygen atoms in total. The molecule has 1 aromatic rings. The normalized spacial score (nSPS) is 8.25. The number of aliphatic imine (C=N–C) groups is 1. The summed E-state index contributed by atoms with van der Waals surface area (Å²) in [5.41, 5.74) is 1.08. The third-order valence-corrected chi connectivity index (χ3v) is 2.22. The average Bonchev–Trinajstić information content (AvgIpc) is 2.49. The van der Waals surface area contributed by atoms with Crippen LogP contribution in [0.4, 0.5) is 5.00 Å². The molecule has 1 aromatic heterocycles. The molecule has 0 fully saturated rings. The smallest absolute Gasteiger partial charge is 0.122 e. The summed E-state index contributed by atoms with van der Waals surface area (Å²) >= 11 is 1.64. The maximum absolute atomic E-state index is 3.86. The minimum atomic E-state index is 0.965. The molecule has 12 heavy (non-hydrogen) atoms. The summed E-state index contributed by atoms with van der Waals surface area (Å²) < 4.78 is 0. The van der Waals surface area contributed by atoms with Gasteiger partial charge >= 0.3 is 0 Å². The number of hydrogen-bond donors (Lipinski definition) is 0. The van der Waals surface area contributed by atoms with Crippen molar-refractivity contribution in [1.82, 2.24) is 0 Å². The molecule has 0 bridgehead atoms. The lowest BCUT2D eigenvalue weighted by atomic mass is 10.3. The molecule has 66 valence electrons. The highest BCUT2D eigenvalue weighted by molar-refractivity contribution is 7.16. The fourth-order valence-electron chi connectivity index (χ4n) is 0.791. The van der Waals surface area contributed by atoms with Gasteiger partial charge in [0.15, 0.2) is 0 Å². The van der Waals surface area contributed by atoms with Crippen LogP contribution in [0.2, 0.25) is 0 Å². The molecule has 2 heteroatoms. The summed E-state index contributed by atoms with van der Waals surface area (Å²) in [7, 11) is 0. The van der Waals surface area contributed by atoms with E-state index in [9.17, 15) is 0 Å². The molecule has 0 unspecified atom stereocenters. The molecule has 1 heterocycles. The largest absolute Gasteiger partial charge is 0.253 e. The van der Waals surface area contributed by atoms with Gasteiger partial charge in [0.25, 0.3) is 0 Å². The zero-order chi connectivity index (χ0) is 9.56. The molecule has 0 atom stereocenters. The number of thiophene rings is 1. The Morgan fingerprint density at radius 3 is 2.42 bits per heavy atom. The molecule has 0 aromatic carbocycles. The van der Waals surface area contributed by atoms with Crippen molar-refractivity contribution in [3.8, 4) is 0 Å². The Hall–Kier alpha value is -0.890. The highest BCUT2D eigenvalue weighted by Gasteiger charge is 1.99. The minimum Gasteiger partial charge on any atom is -0.253 e. The van der Waals surface area contributed by atoms with E-state index in [0.717, 1.165) is 10.6 Å². The second-order valence-electron chi connectivity index (χ2n) is 1.98. The van der Waals surface area contributed by atoms with Crippen LogP contribution in [0, 0.1) is 6.92 Å². The molecule has 0 amide bonds. The molecule has 1 rings (SSSR count). The van der Waals surface area contributed by atoms with E-state index < -0.39 is 0 Å². The van der Waals surface area contributed by atoms with E-state index in [2.05, 4.69) is 24.4 Å². The van der Waals surface area contributed by atoms with Gasteiger partial charge in [0.05, 0.1) is 0 Å². The van der Waals surface area contributed by atoms with Gasteiger partial charge < -0.3 is 0 Å². The van der Waals surface area contributed by atoms with E-state index in [1.165, 1.54) is 4.88 Å². The Labute approximate surface area is 78.5 Å². The fourth-order valence-corrected chi connectivity index (χ4v) is 1.61. The van der Waals surface area contributed by atoms with E-state index in [4.69, 9.17) is 0 Å². The third kappa shape index (κ3) is 2.62. The monoisotopic (exact) mass is 181 g/mol. The number of aryl methyl sites for hydroxylation is 1. The van der Waals surface area contributed by atoms with Crippen molar-refractivity contribution in [1.29, 1.82) is 0 Å². The molecule has 0 saturated carbocycles. The van der Waals surface area contributed by atoms with E-state index in [-0.39, 0.29) is 0 Å². The first-order valence-corrected chi connectivity index (χ1v) is 4.79. The predicted octanol–water partition coefficient (Wildman–Crippen LogP) is 4.06. The molecule has 0 saturated heterocycles. The Kier molecular flexibility index (Phi) is 5.30. The summed E-state index contributed by atoms with van der Waals surface area (Å²) in [5, 5.41) is 0.965. The lowest BCUT2D eigenvalue weighted by Crippen LogP contribution is -1.59. The van der Waals surface area contributed by atoms with E-state index >= 15 is 0 Å². The summed E-state index contributed by atoms with van der Waals surface area (Å²) in [6, 6.07) is 2.06. The Bertz CT molecular complexity index is 235. The van der Waals surface area contributed by atoms with Crippen LogP contribution in [0.15, 0.2) is 17.6 Å². The first-order chi connectivity index (χ1) is 5.77. The van der Waals surface area contributed by atoms with Crippen molar-refractivity contribution in [3.63, 3.8) is 0 Å². The van der Waals surface area contributed by atoms with Gasteiger partial charge in [0, 0.05) is 10.4 Å². The van der Waals surface area contributed by atoms with Crippen molar-refractivity contribution in [2.75, 3.05) is 0 Å². The maximum Gasteiger partial charge on any atom is 0.122 e. The van der Waals surface area contributed by atoms with Gasteiger partial charge in [0.1, 0.15) is 5.00 Å². The SMILES string of the molecule is C=Cc1cc(C)sc1N=C.CC. The van der Waals surface area contributed by atoms with Crippen LogP contribution in [0.1, 0.15) is 24.3 Å². The van der Waals surface area contributed by atoms with Crippen LogP contribution in [0.5, 0.6) is 0 Å². The molecular weight excluding hydrogens is 166 g/mol. The van der Waals surface area contributed by atoms with Gasteiger partial charge in [-0.2, -0.15) is 0 Å². The van der Waals surface area contributed by atoms with Crippen molar-refractivity contribution < 1.29 is 0 Å². The summed E-state index contributed by atoms with van der Waals surface area (Å²) in [6.45, 7) is 13.2. The Balaban J connectivity index is 0.000000561. The first-order valence-electron chi connectivity index (χ1n) is 3.97. The fraction of sp³-hybridized carbons (Fsp3) is 0.300. The summed E-state index contributed by atoms with van der Waals surface area (Å²) in [6.07, 6.45) is 1.80. The first kappa shape index (κ1) is 11.1. The average molecular weight is 181 g/mol. The van der Waals surface area contributed by atoms with Crippen LogP contribution < -0.4 is 0 Å². The second-order valence-corrected chi connectivity index (χ2v) is 3.21. The topological polar surface area (TPSA) is 12.4 Å². The quantitative estimate of drug-likeness (QED) is 0.610. The standard InChI is InChI=1S/C8H9NS.C2H6/c1-4-7-5-6(2)10-8(7)9-3;1-2/h4-5H,1,3H2,2H3;1-2H3. The van der Waals surface area contributed by atoms with Crippen LogP contribution in [0.25, 0.3) is 6.08 Å². The summed E-state index contributed by atoms with van der Waals surface area (Å²) in [4.78, 5) is 5.11. The van der Waals surface area contributed by atoms with E-state index in [0.29, 0.717) is 0 Å². The van der Waals surface area contributed by atoms with Gasteiger partial charge in [-0.3, -0.25) is 4.99 Å². The summed E-state index contributed by atoms with van der Waals surface area (Å²) in [5.74, 6) is 0. The third-order valence-electron chi connectivity index (χ3n) is 1.23. The highest BCUT2D eigenvalue weighted by atomic mass is 32.1. The number of hydrogen-bond acceptors (Lipinski definition) is 2. The van der Waals surface area contributed by atoms with Gasteiger partial charge in [-0.25, -0.2) is 0 Å². The zero-order valence-corrected chi connectivity index (χ0v) is 8.74. The number of nitrogens with zero attached hydrogens (tertiary/aromatic N) is 1. The number of rotatable bonds is 2. The Morgan fingerprint density at radius 2 is 2.08 bits per heavy atom. The maximum atomic E-state index is 3.86. The highest BCUT2D eigenvalue weighted by Crippen LogP contribution is 2.30. The zero-order valence-electron chi connectivity index (χ0n) is 7.92. The van der Waals surface area contributed by atoms with Gasteiger partial charge in [-0.1, -0.05) is 26.5 Å². The van der Waals surface area contributed by atoms with E-state index in [1.807, 2.05) is 20.8 Å². The molecular formula is C10H15NS. The lowest BCUT2D eigenvalue weighted by molar-refractivity contribution is 1.50. The Morgan fingerprint density at radius 1 is 1.50 bits per heavy atom. The van der Waals surface area contributed by atoms with Crippen LogP contribution in [0.3, 0.4) is 0 Å². The van der Waals surface area contributed by atoms with Crippen LogP contribution in [-0.4, -0.2) is 6.72 Å². The van der Waals surface area contributed by atoms with Crippen LogP contribution >= 0.6 is 11.3 Å². The second kappa shape index (κ2) is 5.72. The molecule has 0 aliphatic carbocycles. The van der Waals surface area contributed by atoms with Gasteiger partial charge in [-0.05, 0) is 19.7 Å². The van der Waals surface area contributed by atoms with Crippen molar-refractivity contribution >= 4 is 29.1 Å². The van der Waals surface area contributed by atoms with Gasteiger partial charge in [-0.15, -0.1) is 11.3 Å². The van der Waals surface area contributed by atoms with Crippen LogP contribution in [-0.2, 0) is 0 Å². The van der Waals surface area contributed by atoms with E-state index in [1.54, 1.807) is 17.4 Å².